The van der Waals surface area contributed by atoms with E-state index in [1.165, 1.54) is 0 Å². The van der Waals surface area contributed by atoms with Gasteiger partial charge in [0.25, 0.3) is 0 Å². The maximum absolute atomic E-state index is 4.43. The third-order valence-electron chi connectivity index (χ3n) is 3.05. The van der Waals surface area contributed by atoms with Gasteiger partial charge in [-0.2, -0.15) is 15.0 Å². The minimum Gasteiger partial charge on any atom is -0.354 e. The lowest BCUT2D eigenvalue weighted by Crippen LogP contribution is -2.24. The molecule has 1 unspecified atom stereocenters. The smallest absolute Gasteiger partial charge is 0.241 e. The molecule has 2 aromatic rings. The summed E-state index contributed by atoms with van der Waals surface area (Å²) >= 11 is 0. The van der Waals surface area contributed by atoms with Crippen molar-refractivity contribution in [1.82, 2.24) is 24.5 Å². The van der Waals surface area contributed by atoms with Gasteiger partial charge in [-0.05, 0) is 19.8 Å². The minimum atomic E-state index is 0.280. The Morgan fingerprint density at radius 2 is 1.90 bits per heavy atom. The molecule has 0 amide bonds. The third-order valence-corrected chi connectivity index (χ3v) is 3.05. The van der Waals surface area contributed by atoms with Gasteiger partial charge in [0.1, 0.15) is 6.33 Å². The average molecular weight is 275 g/mol. The van der Waals surface area contributed by atoms with Crippen molar-refractivity contribution in [2.45, 2.75) is 33.7 Å². The van der Waals surface area contributed by atoms with Crippen LogP contribution < -0.4 is 10.6 Å². The molecule has 2 aromatic heterocycles. The maximum atomic E-state index is 4.43. The lowest BCUT2D eigenvalue weighted by molar-refractivity contribution is 0.556. The molecule has 0 radical (unpaired) electrons. The minimum absolute atomic E-state index is 0.280. The Labute approximate surface area is 118 Å². The zero-order valence-electron chi connectivity index (χ0n) is 12.3. The second-order valence-electron chi connectivity index (χ2n) is 4.96. The first kappa shape index (κ1) is 14.2. The number of hydrogen-bond donors (Lipinski definition) is 2. The van der Waals surface area contributed by atoms with E-state index in [1.807, 2.05) is 6.92 Å². The van der Waals surface area contributed by atoms with Crippen molar-refractivity contribution in [2.75, 3.05) is 17.2 Å². The average Bonchev–Trinajstić information content (AvgIpc) is 2.92. The monoisotopic (exact) mass is 275 g/mol. The van der Waals surface area contributed by atoms with E-state index in [9.17, 15) is 0 Å². The van der Waals surface area contributed by atoms with Gasteiger partial charge < -0.3 is 10.6 Å². The first-order valence-corrected chi connectivity index (χ1v) is 6.85. The normalized spacial score (nSPS) is 12.4. The molecule has 108 valence electrons. The highest BCUT2D eigenvalue weighted by atomic mass is 15.3. The van der Waals surface area contributed by atoms with Crippen LogP contribution in [-0.4, -0.2) is 37.1 Å². The summed E-state index contributed by atoms with van der Waals surface area (Å²) in [5.74, 6) is 2.17. The van der Waals surface area contributed by atoms with Crippen molar-refractivity contribution in [3.8, 4) is 5.95 Å². The highest BCUT2D eigenvalue weighted by Gasteiger charge is 2.12. The van der Waals surface area contributed by atoms with Gasteiger partial charge in [0.15, 0.2) is 0 Å². The van der Waals surface area contributed by atoms with Crippen LogP contribution in [0.25, 0.3) is 5.95 Å². The molecule has 0 aliphatic heterocycles. The number of anilines is 2. The topological polar surface area (TPSA) is 80.5 Å². The molecule has 0 aliphatic rings. The Balaban J connectivity index is 2.31. The molecule has 0 aliphatic carbocycles. The van der Waals surface area contributed by atoms with Crippen LogP contribution in [0.1, 0.15) is 27.7 Å². The molecule has 0 fully saturated rings. The second-order valence-corrected chi connectivity index (χ2v) is 4.96. The van der Waals surface area contributed by atoms with E-state index in [-0.39, 0.29) is 6.04 Å². The number of aromatic nitrogens is 5. The van der Waals surface area contributed by atoms with E-state index in [0.717, 1.165) is 6.54 Å². The summed E-state index contributed by atoms with van der Waals surface area (Å²) in [6.07, 6.45) is 5.17. The standard InChI is InChI=1S/C13H21N7/c1-5-15-11-17-12(16-10(4)9(2)3)19-13(18-11)20-7-6-14-8-20/h6-10H,5H2,1-4H3,(H2,15,16,17,18,19). The van der Waals surface area contributed by atoms with Gasteiger partial charge in [-0.25, -0.2) is 4.98 Å². The molecule has 20 heavy (non-hydrogen) atoms. The van der Waals surface area contributed by atoms with Crippen molar-refractivity contribution < 1.29 is 0 Å². The van der Waals surface area contributed by atoms with Gasteiger partial charge in [0.2, 0.25) is 17.8 Å². The highest BCUT2D eigenvalue weighted by Crippen LogP contribution is 2.12. The maximum Gasteiger partial charge on any atom is 0.241 e. The van der Waals surface area contributed by atoms with E-state index < -0.39 is 0 Å². The highest BCUT2D eigenvalue weighted by molar-refractivity contribution is 5.38. The van der Waals surface area contributed by atoms with Crippen molar-refractivity contribution in [1.29, 1.82) is 0 Å². The molecule has 2 N–H and O–H groups in total. The summed E-state index contributed by atoms with van der Waals surface area (Å²) < 4.78 is 1.76. The van der Waals surface area contributed by atoms with Gasteiger partial charge in [-0.1, -0.05) is 13.8 Å². The predicted molar refractivity (Wildman–Crippen MR) is 79.0 cm³/mol. The molecule has 0 saturated heterocycles. The molecule has 1 atom stereocenters. The second kappa shape index (κ2) is 6.31. The Kier molecular flexibility index (Phi) is 4.49. The number of nitrogens with zero attached hydrogens (tertiary/aromatic N) is 5. The Morgan fingerprint density at radius 1 is 1.15 bits per heavy atom. The fraction of sp³-hybridized carbons (Fsp3) is 0.538. The molecule has 2 heterocycles. The molecule has 0 saturated carbocycles. The molecular formula is C13H21N7. The Hall–Kier alpha value is -2.18. The SMILES string of the molecule is CCNc1nc(NC(C)C(C)C)nc(-n2ccnc2)n1. The van der Waals surface area contributed by atoms with Crippen molar-refractivity contribution in [3.05, 3.63) is 18.7 Å². The van der Waals surface area contributed by atoms with Gasteiger partial charge in [-0.3, -0.25) is 4.57 Å². The van der Waals surface area contributed by atoms with Gasteiger partial charge >= 0.3 is 0 Å². The summed E-state index contributed by atoms with van der Waals surface area (Å²) in [7, 11) is 0. The largest absolute Gasteiger partial charge is 0.354 e. The van der Waals surface area contributed by atoms with Crippen LogP contribution >= 0.6 is 0 Å². The molecular weight excluding hydrogens is 254 g/mol. The summed E-state index contributed by atoms with van der Waals surface area (Å²) in [6, 6.07) is 0.280. The van der Waals surface area contributed by atoms with E-state index in [1.54, 1.807) is 23.3 Å². The third kappa shape index (κ3) is 3.43. The zero-order valence-corrected chi connectivity index (χ0v) is 12.3. The van der Waals surface area contributed by atoms with Crippen LogP contribution in [-0.2, 0) is 0 Å². The lowest BCUT2D eigenvalue weighted by atomic mass is 10.1. The van der Waals surface area contributed by atoms with E-state index >= 15 is 0 Å². The number of rotatable bonds is 6. The number of nitrogens with one attached hydrogen (secondary N) is 2. The molecule has 2 rings (SSSR count). The first-order chi connectivity index (χ1) is 9.60. The van der Waals surface area contributed by atoms with Crippen LogP contribution in [0, 0.1) is 5.92 Å². The van der Waals surface area contributed by atoms with Crippen molar-refractivity contribution in [2.24, 2.45) is 5.92 Å². The lowest BCUT2D eigenvalue weighted by Gasteiger charge is -2.18. The fourth-order valence-electron chi connectivity index (χ4n) is 1.53. The van der Waals surface area contributed by atoms with Crippen LogP contribution in [0.5, 0.6) is 0 Å². The quantitative estimate of drug-likeness (QED) is 0.838. The van der Waals surface area contributed by atoms with E-state index in [0.29, 0.717) is 23.8 Å². The Morgan fingerprint density at radius 3 is 2.50 bits per heavy atom. The van der Waals surface area contributed by atoms with E-state index in [2.05, 4.69) is 51.3 Å². The van der Waals surface area contributed by atoms with Crippen LogP contribution in [0.4, 0.5) is 11.9 Å². The molecule has 0 spiro atoms. The Bertz CT molecular complexity index is 536. The van der Waals surface area contributed by atoms with E-state index in [4.69, 9.17) is 0 Å². The molecule has 7 heteroatoms. The molecule has 0 bridgehead atoms. The van der Waals surface area contributed by atoms with Crippen molar-refractivity contribution in [3.63, 3.8) is 0 Å². The first-order valence-electron chi connectivity index (χ1n) is 6.85. The van der Waals surface area contributed by atoms with Gasteiger partial charge in [-0.15, -0.1) is 0 Å². The van der Waals surface area contributed by atoms with Gasteiger partial charge in [0.05, 0.1) is 0 Å². The van der Waals surface area contributed by atoms with Crippen LogP contribution in [0.2, 0.25) is 0 Å². The summed E-state index contributed by atoms with van der Waals surface area (Å²) in [4.78, 5) is 17.2. The van der Waals surface area contributed by atoms with Crippen LogP contribution in [0.3, 0.4) is 0 Å². The summed E-state index contributed by atoms with van der Waals surface area (Å²) in [6.45, 7) is 9.18. The van der Waals surface area contributed by atoms with Crippen LogP contribution in [0.15, 0.2) is 18.7 Å². The number of imidazole rings is 1. The number of hydrogen-bond acceptors (Lipinski definition) is 6. The summed E-state index contributed by atoms with van der Waals surface area (Å²) in [5.41, 5.74) is 0. The van der Waals surface area contributed by atoms with Crippen molar-refractivity contribution >= 4 is 11.9 Å². The molecule has 7 nitrogen and oxygen atoms in total. The summed E-state index contributed by atoms with van der Waals surface area (Å²) in [5, 5.41) is 6.42. The fourth-order valence-corrected chi connectivity index (χ4v) is 1.53. The van der Waals surface area contributed by atoms with Gasteiger partial charge in [0, 0.05) is 25.0 Å². The molecule has 0 aromatic carbocycles. The predicted octanol–water partition coefficient (Wildman–Crippen LogP) is 1.95. The zero-order chi connectivity index (χ0) is 14.5.